The van der Waals surface area contributed by atoms with Gasteiger partial charge in [-0.1, -0.05) is 48.0 Å². The second-order valence-corrected chi connectivity index (χ2v) is 10.3. The van der Waals surface area contributed by atoms with Gasteiger partial charge in [0.1, 0.15) is 0 Å². The Morgan fingerprint density at radius 3 is 2.19 bits per heavy atom. The number of aryl methyl sites for hydroxylation is 3. The number of sulfonamides is 1. The topological polar surface area (TPSA) is 97.3 Å². The standard InChI is InChI=1S/C27H31N3O5S/c1-19-13-20(2)27(21(3)14-19)36(32,33)30(17-22-9-7-6-8-10-22)18-26(31)29-28-16-23-11-12-24(34-4)25(15-23)35-5/h6-16H,17-18H2,1-5H3,(H,29,31)/b28-16-. The molecule has 190 valence electrons. The van der Waals surface area contributed by atoms with Crippen LogP contribution in [-0.2, 0) is 21.4 Å². The van der Waals surface area contributed by atoms with E-state index in [1.807, 2.05) is 49.4 Å². The van der Waals surface area contributed by atoms with Crippen molar-refractivity contribution in [3.63, 3.8) is 0 Å². The minimum Gasteiger partial charge on any atom is -0.493 e. The molecule has 3 aromatic rings. The number of carbonyl (C=O) groups is 1. The summed E-state index contributed by atoms with van der Waals surface area (Å²) in [6.45, 7) is 5.10. The lowest BCUT2D eigenvalue weighted by molar-refractivity contribution is -0.121. The van der Waals surface area contributed by atoms with Crippen LogP contribution in [0, 0.1) is 20.8 Å². The molecule has 0 aliphatic rings. The summed E-state index contributed by atoms with van der Waals surface area (Å²) in [5.74, 6) is 0.535. The summed E-state index contributed by atoms with van der Waals surface area (Å²) >= 11 is 0. The third kappa shape index (κ3) is 6.50. The first-order valence-corrected chi connectivity index (χ1v) is 12.8. The lowest BCUT2D eigenvalue weighted by atomic mass is 10.1. The van der Waals surface area contributed by atoms with Crippen LogP contribution in [0.15, 0.2) is 70.7 Å². The average Bonchev–Trinajstić information content (AvgIpc) is 2.83. The Bertz CT molecular complexity index is 1330. The average molecular weight is 510 g/mol. The van der Waals surface area contributed by atoms with E-state index in [1.54, 1.807) is 39.2 Å². The smallest absolute Gasteiger partial charge is 0.255 e. The number of nitrogens with one attached hydrogen (secondary N) is 1. The molecule has 0 saturated carbocycles. The van der Waals surface area contributed by atoms with Gasteiger partial charge in [-0.15, -0.1) is 0 Å². The van der Waals surface area contributed by atoms with Gasteiger partial charge < -0.3 is 9.47 Å². The molecular weight excluding hydrogens is 478 g/mol. The normalized spacial score (nSPS) is 11.6. The second-order valence-electron chi connectivity index (χ2n) is 8.39. The largest absolute Gasteiger partial charge is 0.493 e. The van der Waals surface area contributed by atoms with Gasteiger partial charge in [-0.3, -0.25) is 4.79 Å². The van der Waals surface area contributed by atoms with E-state index >= 15 is 0 Å². The zero-order valence-electron chi connectivity index (χ0n) is 21.1. The third-order valence-corrected chi connectivity index (χ3v) is 7.63. The van der Waals surface area contributed by atoms with Crippen LogP contribution in [0.5, 0.6) is 11.5 Å². The van der Waals surface area contributed by atoms with Crippen LogP contribution >= 0.6 is 0 Å². The van der Waals surface area contributed by atoms with Crippen molar-refractivity contribution in [2.75, 3.05) is 20.8 Å². The number of nitrogens with zero attached hydrogens (tertiary/aromatic N) is 2. The highest BCUT2D eigenvalue weighted by atomic mass is 32.2. The number of hydrogen-bond donors (Lipinski definition) is 1. The van der Waals surface area contributed by atoms with Crippen molar-refractivity contribution >= 4 is 22.1 Å². The zero-order chi connectivity index (χ0) is 26.3. The van der Waals surface area contributed by atoms with Crippen LogP contribution in [0.3, 0.4) is 0 Å². The number of carbonyl (C=O) groups excluding carboxylic acids is 1. The molecule has 0 aliphatic heterocycles. The first-order chi connectivity index (χ1) is 17.1. The van der Waals surface area contributed by atoms with E-state index < -0.39 is 22.5 Å². The predicted molar refractivity (Wildman–Crippen MR) is 140 cm³/mol. The molecule has 0 bridgehead atoms. The van der Waals surface area contributed by atoms with E-state index in [1.165, 1.54) is 17.6 Å². The van der Waals surface area contributed by atoms with Gasteiger partial charge >= 0.3 is 0 Å². The summed E-state index contributed by atoms with van der Waals surface area (Å²) in [4.78, 5) is 13.0. The lowest BCUT2D eigenvalue weighted by Crippen LogP contribution is -2.39. The van der Waals surface area contributed by atoms with Gasteiger partial charge in [-0.05, 0) is 61.2 Å². The summed E-state index contributed by atoms with van der Waals surface area (Å²) in [6.07, 6.45) is 1.45. The van der Waals surface area contributed by atoms with Crippen molar-refractivity contribution in [2.45, 2.75) is 32.2 Å². The van der Waals surface area contributed by atoms with Crippen molar-refractivity contribution in [1.82, 2.24) is 9.73 Å². The number of hydrazone groups is 1. The quantitative estimate of drug-likeness (QED) is 0.330. The van der Waals surface area contributed by atoms with E-state index in [4.69, 9.17) is 9.47 Å². The number of amides is 1. The Balaban J connectivity index is 1.83. The summed E-state index contributed by atoms with van der Waals surface area (Å²) in [5, 5.41) is 3.99. The number of ether oxygens (including phenoxy) is 2. The van der Waals surface area contributed by atoms with Crippen LogP contribution < -0.4 is 14.9 Å². The molecule has 0 unspecified atom stereocenters. The van der Waals surface area contributed by atoms with E-state index in [-0.39, 0.29) is 11.4 Å². The molecule has 1 N–H and O–H groups in total. The fourth-order valence-corrected chi connectivity index (χ4v) is 5.82. The Kier molecular flexibility index (Phi) is 8.84. The monoisotopic (exact) mass is 509 g/mol. The Labute approximate surface area is 212 Å². The highest BCUT2D eigenvalue weighted by molar-refractivity contribution is 7.89. The van der Waals surface area contributed by atoms with Gasteiger partial charge in [0, 0.05) is 6.54 Å². The molecule has 3 rings (SSSR count). The summed E-state index contributed by atoms with van der Waals surface area (Å²) in [6, 6.07) is 18.0. The van der Waals surface area contributed by atoms with Crippen molar-refractivity contribution in [2.24, 2.45) is 5.10 Å². The molecule has 36 heavy (non-hydrogen) atoms. The van der Waals surface area contributed by atoms with E-state index in [2.05, 4.69) is 10.5 Å². The zero-order valence-corrected chi connectivity index (χ0v) is 21.9. The number of rotatable bonds is 10. The fourth-order valence-electron chi connectivity index (χ4n) is 4.02. The van der Waals surface area contributed by atoms with Crippen LogP contribution in [0.2, 0.25) is 0 Å². The minimum absolute atomic E-state index is 0.0444. The molecule has 0 aliphatic carbocycles. The van der Waals surface area contributed by atoms with Crippen molar-refractivity contribution < 1.29 is 22.7 Å². The molecule has 1 amide bonds. The predicted octanol–water partition coefficient (Wildman–Crippen LogP) is 3.97. The maximum Gasteiger partial charge on any atom is 0.255 e. The molecule has 8 nitrogen and oxygen atoms in total. The molecule has 3 aromatic carbocycles. The van der Waals surface area contributed by atoms with Crippen molar-refractivity contribution in [3.05, 3.63) is 88.5 Å². The lowest BCUT2D eigenvalue weighted by Gasteiger charge is -2.24. The number of hydrogen-bond acceptors (Lipinski definition) is 6. The molecular formula is C27H31N3O5S. The van der Waals surface area contributed by atoms with Gasteiger partial charge in [-0.2, -0.15) is 9.41 Å². The van der Waals surface area contributed by atoms with Crippen LogP contribution in [0.1, 0.15) is 27.8 Å². The third-order valence-electron chi connectivity index (χ3n) is 5.53. The molecule has 0 aromatic heterocycles. The van der Waals surface area contributed by atoms with Gasteiger partial charge in [0.15, 0.2) is 11.5 Å². The highest BCUT2D eigenvalue weighted by Gasteiger charge is 2.30. The number of methoxy groups -OCH3 is 2. The molecule has 9 heteroatoms. The molecule has 0 spiro atoms. The van der Waals surface area contributed by atoms with E-state index in [0.29, 0.717) is 28.2 Å². The van der Waals surface area contributed by atoms with Gasteiger partial charge in [0.05, 0.1) is 31.9 Å². The maximum absolute atomic E-state index is 13.7. The minimum atomic E-state index is -3.98. The van der Waals surface area contributed by atoms with Crippen LogP contribution in [0.4, 0.5) is 0 Å². The van der Waals surface area contributed by atoms with Gasteiger partial charge in [0.25, 0.3) is 5.91 Å². The molecule has 0 heterocycles. The Hall–Kier alpha value is -3.69. The van der Waals surface area contributed by atoms with Crippen molar-refractivity contribution in [1.29, 1.82) is 0 Å². The number of benzene rings is 3. The molecule has 0 saturated heterocycles. The molecule has 0 fully saturated rings. The first-order valence-electron chi connectivity index (χ1n) is 11.3. The fraction of sp³-hybridized carbons (Fsp3) is 0.259. The Morgan fingerprint density at radius 2 is 1.58 bits per heavy atom. The Morgan fingerprint density at radius 1 is 0.944 bits per heavy atom. The summed E-state index contributed by atoms with van der Waals surface area (Å²) in [7, 11) is -0.906. The van der Waals surface area contributed by atoms with Gasteiger partial charge in [-0.25, -0.2) is 13.8 Å². The van der Waals surface area contributed by atoms with Crippen LogP contribution in [-0.4, -0.2) is 45.6 Å². The van der Waals surface area contributed by atoms with Crippen molar-refractivity contribution in [3.8, 4) is 11.5 Å². The molecule has 0 radical (unpaired) electrons. The van der Waals surface area contributed by atoms with Gasteiger partial charge in [0.2, 0.25) is 10.0 Å². The summed E-state index contributed by atoms with van der Waals surface area (Å²) in [5.41, 5.74) is 6.12. The van der Waals surface area contributed by atoms with Crippen LogP contribution in [0.25, 0.3) is 0 Å². The van der Waals surface area contributed by atoms with E-state index in [0.717, 1.165) is 11.1 Å². The van der Waals surface area contributed by atoms with E-state index in [9.17, 15) is 13.2 Å². The summed E-state index contributed by atoms with van der Waals surface area (Å²) < 4.78 is 39.1. The molecule has 0 atom stereocenters. The first kappa shape index (κ1) is 26.9. The second kappa shape index (κ2) is 11.8. The highest BCUT2D eigenvalue weighted by Crippen LogP contribution is 2.27. The maximum atomic E-state index is 13.7. The SMILES string of the molecule is COc1ccc(/C=N\NC(=O)CN(Cc2ccccc2)S(=O)(=O)c2c(C)cc(C)cc2C)cc1OC.